The van der Waals surface area contributed by atoms with Gasteiger partial charge in [0.1, 0.15) is 11.6 Å². The minimum atomic E-state index is -0.834. The number of halogens is 3. The number of nitrogens with two attached hydrogens (primary N) is 1. The highest BCUT2D eigenvalue weighted by Crippen LogP contribution is 2.22. The zero-order chi connectivity index (χ0) is 15.6. The monoisotopic (exact) mass is 310 g/mol. The summed E-state index contributed by atoms with van der Waals surface area (Å²) in [5.41, 5.74) is 5.97. The molecule has 0 saturated carbocycles. The van der Waals surface area contributed by atoms with Crippen LogP contribution in [0.5, 0.6) is 0 Å². The van der Waals surface area contributed by atoms with Gasteiger partial charge in [-0.3, -0.25) is 4.79 Å². The van der Waals surface area contributed by atoms with E-state index in [0.717, 1.165) is 12.1 Å². The summed E-state index contributed by atoms with van der Waals surface area (Å²) in [4.78, 5) is 12.1. The molecule has 0 aliphatic rings. The van der Waals surface area contributed by atoms with Gasteiger partial charge in [-0.15, -0.1) is 0 Å². The first-order valence-electron chi connectivity index (χ1n) is 6.19. The average molecular weight is 311 g/mol. The predicted octanol–water partition coefficient (Wildman–Crippen LogP) is 3.69. The SMILES string of the molecule is CC(NC(=O)c1cc(N)cc(Cl)c1)c1c(F)cccc1F. The third-order valence-corrected chi connectivity index (χ3v) is 3.18. The number of nitrogens with one attached hydrogen (secondary N) is 1. The molecule has 1 amide bonds. The maximum absolute atomic E-state index is 13.6. The van der Waals surface area contributed by atoms with E-state index in [4.69, 9.17) is 17.3 Å². The summed E-state index contributed by atoms with van der Waals surface area (Å²) in [5.74, 6) is -1.94. The minimum Gasteiger partial charge on any atom is -0.399 e. The Kier molecular flexibility index (Phi) is 4.43. The van der Waals surface area contributed by atoms with Crippen molar-refractivity contribution < 1.29 is 13.6 Å². The Morgan fingerprint density at radius 3 is 2.43 bits per heavy atom. The molecule has 1 atom stereocenters. The van der Waals surface area contributed by atoms with Gasteiger partial charge in [0.15, 0.2) is 0 Å². The Hall–Kier alpha value is -2.14. The minimum absolute atomic E-state index is 0.194. The van der Waals surface area contributed by atoms with Crippen molar-refractivity contribution in [1.29, 1.82) is 0 Å². The van der Waals surface area contributed by atoms with Crippen molar-refractivity contribution in [2.45, 2.75) is 13.0 Å². The van der Waals surface area contributed by atoms with E-state index in [-0.39, 0.29) is 11.1 Å². The summed E-state index contributed by atoms with van der Waals surface area (Å²) in [6.45, 7) is 1.49. The van der Waals surface area contributed by atoms with Crippen LogP contribution >= 0.6 is 11.6 Å². The maximum atomic E-state index is 13.6. The van der Waals surface area contributed by atoms with E-state index < -0.39 is 23.6 Å². The van der Waals surface area contributed by atoms with E-state index in [9.17, 15) is 13.6 Å². The van der Waals surface area contributed by atoms with Gasteiger partial charge in [0.25, 0.3) is 5.91 Å². The number of carbonyl (C=O) groups is 1. The van der Waals surface area contributed by atoms with E-state index in [1.807, 2.05) is 0 Å². The van der Waals surface area contributed by atoms with Gasteiger partial charge in [0, 0.05) is 21.8 Å². The highest BCUT2D eigenvalue weighted by atomic mass is 35.5. The highest BCUT2D eigenvalue weighted by Gasteiger charge is 2.18. The van der Waals surface area contributed by atoms with Gasteiger partial charge in [-0.05, 0) is 37.3 Å². The number of carbonyl (C=O) groups excluding carboxylic acids is 1. The molecule has 3 nitrogen and oxygen atoms in total. The first kappa shape index (κ1) is 15.3. The van der Waals surface area contributed by atoms with Crippen LogP contribution in [-0.2, 0) is 0 Å². The van der Waals surface area contributed by atoms with Crippen LogP contribution in [0.4, 0.5) is 14.5 Å². The number of nitrogen functional groups attached to an aromatic ring is 1. The Morgan fingerprint density at radius 2 is 1.86 bits per heavy atom. The van der Waals surface area contributed by atoms with Crippen molar-refractivity contribution in [3.05, 3.63) is 64.2 Å². The van der Waals surface area contributed by atoms with Crippen LogP contribution in [0.2, 0.25) is 5.02 Å². The van der Waals surface area contributed by atoms with Gasteiger partial charge in [0.05, 0.1) is 6.04 Å². The van der Waals surface area contributed by atoms with Crippen LogP contribution in [0.15, 0.2) is 36.4 Å². The van der Waals surface area contributed by atoms with Gasteiger partial charge in [-0.2, -0.15) is 0 Å². The molecule has 1 unspecified atom stereocenters. The van der Waals surface area contributed by atoms with E-state index in [1.54, 1.807) is 0 Å². The number of hydrogen-bond donors (Lipinski definition) is 2. The Bertz CT molecular complexity index is 651. The molecule has 0 aliphatic carbocycles. The van der Waals surface area contributed by atoms with Crippen molar-refractivity contribution in [2.24, 2.45) is 0 Å². The van der Waals surface area contributed by atoms with Gasteiger partial charge < -0.3 is 11.1 Å². The fraction of sp³-hybridized carbons (Fsp3) is 0.133. The van der Waals surface area contributed by atoms with Crippen molar-refractivity contribution in [1.82, 2.24) is 5.32 Å². The number of anilines is 1. The molecule has 6 heteroatoms. The molecule has 21 heavy (non-hydrogen) atoms. The highest BCUT2D eigenvalue weighted by molar-refractivity contribution is 6.31. The zero-order valence-corrected chi connectivity index (χ0v) is 11.9. The van der Waals surface area contributed by atoms with Gasteiger partial charge in [-0.25, -0.2) is 8.78 Å². The molecule has 0 saturated heterocycles. The number of rotatable bonds is 3. The molecular weight excluding hydrogens is 298 g/mol. The third kappa shape index (κ3) is 3.49. The molecular formula is C15H13ClF2N2O. The molecule has 2 rings (SSSR count). The summed E-state index contributed by atoms with van der Waals surface area (Å²) < 4.78 is 27.3. The lowest BCUT2D eigenvalue weighted by Gasteiger charge is -2.16. The van der Waals surface area contributed by atoms with Crippen molar-refractivity contribution in [2.75, 3.05) is 5.73 Å². The van der Waals surface area contributed by atoms with Crippen LogP contribution < -0.4 is 11.1 Å². The molecule has 110 valence electrons. The molecule has 0 aliphatic heterocycles. The first-order chi connectivity index (χ1) is 9.88. The van der Waals surface area contributed by atoms with Gasteiger partial charge in [-0.1, -0.05) is 17.7 Å². The summed E-state index contributed by atoms with van der Waals surface area (Å²) in [7, 11) is 0. The lowest BCUT2D eigenvalue weighted by atomic mass is 10.1. The zero-order valence-electron chi connectivity index (χ0n) is 11.2. The summed E-state index contributed by atoms with van der Waals surface area (Å²) in [6, 6.07) is 7.07. The Morgan fingerprint density at radius 1 is 1.24 bits per heavy atom. The quantitative estimate of drug-likeness (QED) is 0.849. The van der Waals surface area contributed by atoms with Crippen LogP contribution in [-0.4, -0.2) is 5.91 Å². The second-order valence-corrected chi connectivity index (χ2v) is 5.04. The summed E-state index contributed by atoms with van der Waals surface area (Å²) >= 11 is 5.82. The fourth-order valence-electron chi connectivity index (χ4n) is 2.02. The second-order valence-electron chi connectivity index (χ2n) is 4.60. The van der Waals surface area contributed by atoms with Crippen LogP contribution in [0.1, 0.15) is 28.9 Å². The lowest BCUT2D eigenvalue weighted by molar-refractivity contribution is 0.0939. The Balaban J connectivity index is 2.23. The fourth-order valence-corrected chi connectivity index (χ4v) is 2.26. The predicted molar refractivity (Wildman–Crippen MR) is 78.1 cm³/mol. The molecule has 0 spiro atoms. The molecule has 0 fully saturated rings. The third-order valence-electron chi connectivity index (χ3n) is 2.96. The van der Waals surface area contributed by atoms with E-state index in [1.165, 1.54) is 31.2 Å². The molecule has 0 aromatic heterocycles. The molecule has 2 aromatic rings. The van der Waals surface area contributed by atoms with Gasteiger partial charge >= 0.3 is 0 Å². The summed E-state index contributed by atoms with van der Waals surface area (Å²) in [6.07, 6.45) is 0. The van der Waals surface area contributed by atoms with Crippen molar-refractivity contribution in [3.8, 4) is 0 Å². The smallest absolute Gasteiger partial charge is 0.251 e. The van der Waals surface area contributed by atoms with E-state index in [2.05, 4.69) is 5.32 Å². The van der Waals surface area contributed by atoms with Crippen LogP contribution in [0.3, 0.4) is 0 Å². The van der Waals surface area contributed by atoms with Crippen molar-refractivity contribution >= 4 is 23.2 Å². The van der Waals surface area contributed by atoms with E-state index in [0.29, 0.717) is 10.7 Å². The number of hydrogen-bond acceptors (Lipinski definition) is 2. The number of benzene rings is 2. The maximum Gasteiger partial charge on any atom is 0.251 e. The average Bonchev–Trinajstić information content (AvgIpc) is 2.37. The second kappa shape index (κ2) is 6.10. The van der Waals surface area contributed by atoms with Gasteiger partial charge in [0.2, 0.25) is 0 Å². The topological polar surface area (TPSA) is 55.1 Å². The van der Waals surface area contributed by atoms with Crippen LogP contribution in [0, 0.1) is 11.6 Å². The number of amides is 1. The molecule has 3 N–H and O–H groups in total. The molecule has 2 aromatic carbocycles. The van der Waals surface area contributed by atoms with Crippen LogP contribution in [0.25, 0.3) is 0 Å². The molecule has 0 bridgehead atoms. The van der Waals surface area contributed by atoms with Crippen molar-refractivity contribution in [3.63, 3.8) is 0 Å². The summed E-state index contributed by atoms with van der Waals surface area (Å²) in [5, 5.41) is 2.83. The standard InChI is InChI=1S/C15H13ClF2N2O/c1-8(14-12(17)3-2-4-13(14)18)20-15(21)9-5-10(16)7-11(19)6-9/h2-8H,19H2,1H3,(H,20,21). The molecule has 0 radical (unpaired) electrons. The molecule has 0 heterocycles. The first-order valence-corrected chi connectivity index (χ1v) is 6.57. The van der Waals surface area contributed by atoms with E-state index >= 15 is 0 Å². The lowest BCUT2D eigenvalue weighted by Crippen LogP contribution is -2.28. The Labute approximate surface area is 125 Å². The normalized spacial score (nSPS) is 12.0. The largest absolute Gasteiger partial charge is 0.399 e.